The lowest BCUT2D eigenvalue weighted by Gasteiger charge is -2.28. The van der Waals surface area contributed by atoms with E-state index < -0.39 is 24.2 Å². The molecule has 13 heavy (non-hydrogen) atoms. The SMILES string of the molecule is CC.O=C(O)C1CC(O)C(O)CN1. The Labute approximate surface area is 77.4 Å². The number of nitrogens with one attached hydrogen (secondary N) is 1. The van der Waals surface area contributed by atoms with Gasteiger partial charge in [-0.1, -0.05) is 13.8 Å². The molecule has 1 heterocycles. The van der Waals surface area contributed by atoms with Crippen molar-refractivity contribution >= 4 is 5.97 Å². The second kappa shape index (κ2) is 5.90. The van der Waals surface area contributed by atoms with Crippen LogP contribution >= 0.6 is 0 Å². The van der Waals surface area contributed by atoms with E-state index in [-0.39, 0.29) is 13.0 Å². The Morgan fingerprint density at radius 2 is 1.85 bits per heavy atom. The van der Waals surface area contributed by atoms with E-state index in [4.69, 9.17) is 15.3 Å². The standard InChI is InChI=1S/C6H11NO4.C2H6/c8-4-1-3(6(10)11)7-2-5(4)9;1-2/h3-5,7-9H,1-2H2,(H,10,11);1-2H3. The zero-order valence-electron chi connectivity index (χ0n) is 7.90. The number of aliphatic carboxylic acids is 1. The molecule has 3 atom stereocenters. The number of aliphatic hydroxyl groups excluding tert-OH is 2. The summed E-state index contributed by atoms with van der Waals surface area (Å²) in [6, 6.07) is -0.728. The maximum Gasteiger partial charge on any atom is 0.320 e. The van der Waals surface area contributed by atoms with Crippen LogP contribution in [0.2, 0.25) is 0 Å². The van der Waals surface area contributed by atoms with Gasteiger partial charge in [0.1, 0.15) is 6.04 Å². The number of hydrogen-bond donors (Lipinski definition) is 4. The Bertz CT molecular complexity index is 162. The minimum Gasteiger partial charge on any atom is -0.480 e. The zero-order chi connectivity index (χ0) is 10.4. The summed E-state index contributed by atoms with van der Waals surface area (Å²) in [5, 5.41) is 29.1. The highest BCUT2D eigenvalue weighted by molar-refractivity contribution is 5.73. The first kappa shape index (κ1) is 12.3. The van der Waals surface area contributed by atoms with Crippen molar-refractivity contribution in [2.75, 3.05) is 6.54 Å². The first-order valence-corrected chi connectivity index (χ1v) is 4.43. The van der Waals surface area contributed by atoms with Crippen LogP contribution in [0.15, 0.2) is 0 Å². The highest BCUT2D eigenvalue weighted by Gasteiger charge is 2.30. The minimum atomic E-state index is -0.990. The second-order valence-electron chi connectivity index (χ2n) is 2.67. The molecule has 3 unspecified atom stereocenters. The number of rotatable bonds is 1. The number of hydrogen-bond acceptors (Lipinski definition) is 4. The predicted octanol–water partition coefficient (Wildman–Crippen LogP) is -0.819. The average molecular weight is 191 g/mol. The van der Waals surface area contributed by atoms with Gasteiger partial charge < -0.3 is 20.6 Å². The molecule has 0 bridgehead atoms. The normalized spacial score (nSPS) is 33.1. The summed E-state index contributed by atoms with van der Waals surface area (Å²) in [4.78, 5) is 10.4. The summed E-state index contributed by atoms with van der Waals surface area (Å²) < 4.78 is 0. The number of aliphatic hydroxyl groups is 2. The van der Waals surface area contributed by atoms with E-state index in [0.29, 0.717) is 0 Å². The predicted molar refractivity (Wildman–Crippen MR) is 47.4 cm³/mol. The van der Waals surface area contributed by atoms with Gasteiger partial charge >= 0.3 is 5.97 Å². The Balaban J connectivity index is 0.000000671. The van der Waals surface area contributed by atoms with Crippen LogP contribution in [-0.2, 0) is 4.79 Å². The molecule has 1 saturated heterocycles. The van der Waals surface area contributed by atoms with Gasteiger partial charge in [0.25, 0.3) is 0 Å². The topological polar surface area (TPSA) is 89.8 Å². The van der Waals surface area contributed by atoms with Crippen molar-refractivity contribution in [3.63, 3.8) is 0 Å². The fraction of sp³-hybridized carbons (Fsp3) is 0.875. The summed E-state index contributed by atoms with van der Waals surface area (Å²) in [6.07, 6.45) is -1.70. The molecule has 5 heteroatoms. The minimum absolute atomic E-state index is 0.0660. The van der Waals surface area contributed by atoms with Crippen LogP contribution < -0.4 is 5.32 Å². The van der Waals surface area contributed by atoms with Crippen molar-refractivity contribution in [3.8, 4) is 0 Å². The third-order valence-corrected chi connectivity index (χ3v) is 1.79. The summed E-state index contributed by atoms with van der Waals surface area (Å²) in [7, 11) is 0. The van der Waals surface area contributed by atoms with Crippen molar-refractivity contribution in [3.05, 3.63) is 0 Å². The quantitative estimate of drug-likeness (QED) is 0.435. The number of piperidine rings is 1. The van der Waals surface area contributed by atoms with Gasteiger partial charge in [-0.3, -0.25) is 4.79 Å². The molecule has 1 fully saturated rings. The molecular formula is C8H17NO4. The summed E-state index contributed by atoms with van der Waals surface area (Å²) in [5.74, 6) is -0.990. The van der Waals surface area contributed by atoms with Crippen molar-refractivity contribution in [1.82, 2.24) is 5.32 Å². The molecule has 1 rings (SSSR count). The maximum absolute atomic E-state index is 10.4. The van der Waals surface area contributed by atoms with Crippen molar-refractivity contribution in [1.29, 1.82) is 0 Å². The number of carboxylic acid groups (broad SMARTS) is 1. The number of carboxylic acids is 1. The Morgan fingerprint density at radius 1 is 1.31 bits per heavy atom. The van der Waals surface area contributed by atoms with Crippen molar-refractivity contribution in [2.24, 2.45) is 0 Å². The molecule has 0 radical (unpaired) electrons. The van der Waals surface area contributed by atoms with E-state index in [9.17, 15) is 4.79 Å². The van der Waals surface area contributed by atoms with Crippen LogP contribution in [0.1, 0.15) is 20.3 Å². The molecule has 78 valence electrons. The Morgan fingerprint density at radius 3 is 2.23 bits per heavy atom. The highest BCUT2D eigenvalue weighted by Crippen LogP contribution is 2.08. The van der Waals surface area contributed by atoms with Gasteiger partial charge in [-0.15, -0.1) is 0 Å². The zero-order valence-corrected chi connectivity index (χ0v) is 7.90. The van der Waals surface area contributed by atoms with Crippen LogP contribution in [0, 0.1) is 0 Å². The lowest BCUT2D eigenvalue weighted by Crippen LogP contribution is -2.52. The molecule has 1 aliphatic heterocycles. The highest BCUT2D eigenvalue weighted by atomic mass is 16.4. The van der Waals surface area contributed by atoms with Crippen LogP contribution in [-0.4, -0.2) is 46.1 Å². The third-order valence-electron chi connectivity index (χ3n) is 1.79. The van der Waals surface area contributed by atoms with E-state index in [1.165, 1.54) is 0 Å². The van der Waals surface area contributed by atoms with Gasteiger partial charge in [0.05, 0.1) is 12.2 Å². The van der Waals surface area contributed by atoms with E-state index in [2.05, 4.69) is 5.32 Å². The van der Waals surface area contributed by atoms with Gasteiger partial charge in [0.15, 0.2) is 0 Å². The van der Waals surface area contributed by atoms with Crippen LogP contribution in [0.5, 0.6) is 0 Å². The van der Waals surface area contributed by atoms with Gasteiger partial charge in [-0.2, -0.15) is 0 Å². The molecule has 0 saturated carbocycles. The maximum atomic E-state index is 10.4. The molecule has 0 aromatic carbocycles. The molecule has 0 spiro atoms. The fourth-order valence-electron chi connectivity index (χ4n) is 1.07. The molecule has 1 aliphatic rings. The average Bonchev–Trinajstić information content (AvgIpc) is 2.13. The van der Waals surface area contributed by atoms with Crippen molar-refractivity contribution in [2.45, 2.75) is 38.5 Å². The smallest absolute Gasteiger partial charge is 0.320 e. The largest absolute Gasteiger partial charge is 0.480 e. The molecule has 4 N–H and O–H groups in total. The van der Waals surface area contributed by atoms with Crippen LogP contribution in [0.25, 0.3) is 0 Å². The van der Waals surface area contributed by atoms with E-state index in [1.54, 1.807) is 0 Å². The molecular weight excluding hydrogens is 174 g/mol. The molecule has 5 nitrogen and oxygen atoms in total. The van der Waals surface area contributed by atoms with Gasteiger partial charge in [0, 0.05) is 13.0 Å². The molecule has 0 aromatic rings. The van der Waals surface area contributed by atoms with Crippen molar-refractivity contribution < 1.29 is 20.1 Å². The Kier molecular flexibility index (Phi) is 5.61. The lowest BCUT2D eigenvalue weighted by molar-refractivity contribution is -0.142. The van der Waals surface area contributed by atoms with Crippen LogP contribution in [0.3, 0.4) is 0 Å². The third kappa shape index (κ3) is 3.71. The second-order valence-corrected chi connectivity index (χ2v) is 2.67. The first-order chi connectivity index (χ1) is 6.11. The van der Waals surface area contributed by atoms with E-state index in [1.807, 2.05) is 13.8 Å². The lowest BCUT2D eigenvalue weighted by atomic mass is 10.00. The first-order valence-electron chi connectivity index (χ1n) is 4.43. The van der Waals surface area contributed by atoms with E-state index >= 15 is 0 Å². The number of carbonyl (C=O) groups is 1. The summed E-state index contributed by atoms with van der Waals surface area (Å²) >= 11 is 0. The van der Waals surface area contributed by atoms with Gasteiger partial charge in [-0.25, -0.2) is 0 Å². The monoisotopic (exact) mass is 191 g/mol. The molecule has 0 aliphatic carbocycles. The Hall–Kier alpha value is -0.650. The molecule has 0 aromatic heterocycles. The fourth-order valence-corrected chi connectivity index (χ4v) is 1.07. The molecule has 0 amide bonds. The summed E-state index contributed by atoms with van der Waals surface area (Å²) in [6.45, 7) is 4.14. The number of β-amino-alcohol motifs (C(OH)–C–C–N with tert-alkyl or cyclic N) is 1. The summed E-state index contributed by atoms with van der Waals surface area (Å²) in [5.41, 5.74) is 0. The van der Waals surface area contributed by atoms with Crippen LogP contribution in [0.4, 0.5) is 0 Å². The van der Waals surface area contributed by atoms with Gasteiger partial charge in [0.2, 0.25) is 0 Å². The van der Waals surface area contributed by atoms with E-state index in [0.717, 1.165) is 0 Å². The van der Waals surface area contributed by atoms with Gasteiger partial charge in [-0.05, 0) is 0 Å².